The van der Waals surface area contributed by atoms with Crippen molar-refractivity contribution in [2.75, 3.05) is 18.4 Å². The summed E-state index contributed by atoms with van der Waals surface area (Å²) in [6.07, 6.45) is 8.29. The Morgan fingerprint density at radius 2 is 1.72 bits per heavy atom. The van der Waals surface area contributed by atoms with Crippen LogP contribution in [0.15, 0.2) is 30.3 Å². The average Bonchev–Trinajstić information content (AvgIpc) is 2.45. The zero-order valence-electron chi connectivity index (χ0n) is 11.2. The van der Waals surface area contributed by atoms with Gasteiger partial charge in [0.05, 0.1) is 0 Å². The number of hydrogen-bond acceptors (Lipinski definition) is 1. The summed E-state index contributed by atoms with van der Waals surface area (Å²) in [6.45, 7) is 2.40. The number of rotatable bonds is 6. The first kappa shape index (κ1) is 14.1. The molecule has 0 aliphatic heterocycles. The lowest BCUT2D eigenvalue weighted by Crippen LogP contribution is -2.39. The molecule has 1 aliphatic carbocycles. The fourth-order valence-electron chi connectivity index (χ4n) is 2.95. The summed E-state index contributed by atoms with van der Waals surface area (Å²) in [5.74, 6) is 0. The third kappa shape index (κ3) is 4.40. The molecule has 2 heteroatoms. The summed E-state index contributed by atoms with van der Waals surface area (Å²) in [7, 11) is 0. The molecule has 0 unspecified atom stereocenters. The smallest absolute Gasteiger partial charge is 0.0159 e. The van der Waals surface area contributed by atoms with Gasteiger partial charge in [0.2, 0.25) is 0 Å². The molecule has 0 spiro atoms. The first-order valence-corrected chi connectivity index (χ1v) is 8.36. The van der Waals surface area contributed by atoms with Gasteiger partial charge in [-0.3, -0.25) is 4.90 Å². The fourth-order valence-corrected chi connectivity index (χ4v) is 3.40. The molecule has 1 aromatic rings. The van der Waals surface area contributed by atoms with Crippen LogP contribution in [0, 0.1) is 0 Å². The number of nitrogens with zero attached hydrogens (tertiary/aromatic N) is 1. The molecule has 0 heterocycles. The molecule has 0 amide bonds. The van der Waals surface area contributed by atoms with E-state index >= 15 is 0 Å². The van der Waals surface area contributed by atoms with Gasteiger partial charge >= 0.3 is 0 Å². The lowest BCUT2D eigenvalue weighted by molar-refractivity contribution is 0.167. The molecule has 18 heavy (non-hydrogen) atoms. The van der Waals surface area contributed by atoms with Gasteiger partial charge in [-0.05, 0) is 24.8 Å². The zero-order valence-corrected chi connectivity index (χ0v) is 12.7. The molecular formula is C16H24BrN. The highest BCUT2D eigenvalue weighted by atomic mass is 79.9. The van der Waals surface area contributed by atoms with Crippen molar-refractivity contribution in [3.8, 4) is 0 Å². The summed E-state index contributed by atoms with van der Waals surface area (Å²) in [5.41, 5.74) is 1.47. The van der Waals surface area contributed by atoms with E-state index in [2.05, 4.69) is 51.2 Å². The van der Waals surface area contributed by atoms with Crippen LogP contribution in [-0.2, 0) is 6.42 Å². The lowest BCUT2D eigenvalue weighted by atomic mass is 9.94. The Hall–Kier alpha value is -0.340. The maximum Gasteiger partial charge on any atom is 0.0159 e. The minimum atomic E-state index is 0.833. The fraction of sp³-hybridized carbons (Fsp3) is 0.625. The Bertz CT molecular complexity index is 319. The molecule has 0 bridgehead atoms. The van der Waals surface area contributed by atoms with E-state index in [1.165, 1.54) is 57.2 Å². The number of hydrogen-bond donors (Lipinski definition) is 0. The number of halogens is 1. The van der Waals surface area contributed by atoms with Crippen molar-refractivity contribution >= 4 is 15.9 Å². The Labute approximate surface area is 120 Å². The maximum absolute atomic E-state index is 3.60. The van der Waals surface area contributed by atoms with Crippen molar-refractivity contribution in [1.29, 1.82) is 0 Å². The van der Waals surface area contributed by atoms with E-state index in [0.29, 0.717) is 0 Å². The molecule has 0 saturated heterocycles. The second-order valence-corrected chi connectivity index (χ2v) is 6.05. The lowest BCUT2D eigenvalue weighted by Gasteiger charge is -2.34. The zero-order chi connectivity index (χ0) is 12.6. The van der Waals surface area contributed by atoms with Gasteiger partial charge < -0.3 is 0 Å². The van der Waals surface area contributed by atoms with Gasteiger partial charge in [0.25, 0.3) is 0 Å². The molecular weight excluding hydrogens is 286 g/mol. The van der Waals surface area contributed by atoms with Crippen molar-refractivity contribution in [2.45, 2.75) is 44.6 Å². The summed E-state index contributed by atoms with van der Waals surface area (Å²) in [5, 5.41) is 1.10. The van der Waals surface area contributed by atoms with E-state index in [9.17, 15) is 0 Å². The van der Waals surface area contributed by atoms with Crippen LogP contribution in [0.3, 0.4) is 0 Å². The maximum atomic E-state index is 3.60. The summed E-state index contributed by atoms with van der Waals surface area (Å²) in [4.78, 5) is 2.70. The third-order valence-electron chi connectivity index (χ3n) is 3.99. The van der Waals surface area contributed by atoms with Crippen LogP contribution in [0.1, 0.15) is 37.7 Å². The van der Waals surface area contributed by atoms with Gasteiger partial charge in [0, 0.05) is 24.5 Å². The molecule has 1 nitrogen and oxygen atoms in total. The molecule has 0 aromatic heterocycles. The second-order valence-electron chi connectivity index (χ2n) is 5.25. The van der Waals surface area contributed by atoms with Gasteiger partial charge in [0.15, 0.2) is 0 Å². The van der Waals surface area contributed by atoms with Crippen LogP contribution in [-0.4, -0.2) is 29.4 Å². The van der Waals surface area contributed by atoms with Gasteiger partial charge in [0.1, 0.15) is 0 Å². The van der Waals surface area contributed by atoms with Crippen LogP contribution in [0.5, 0.6) is 0 Å². The van der Waals surface area contributed by atoms with Crippen molar-refractivity contribution in [1.82, 2.24) is 4.90 Å². The van der Waals surface area contributed by atoms with E-state index in [4.69, 9.17) is 0 Å². The van der Waals surface area contributed by atoms with Crippen LogP contribution in [0.2, 0.25) is 0 Å². The average molecular weight is 310 g/mol. The van der Waals surface area contributed by atoms with Crippen molar-refractivity contribution in [2.24, 2.45) is 0 Å². The van der Waals surface area contributed by atoms with Crippen LogP contribution < -0.4 is 0 Å². The molecule has 2 rings (SSSR count). The van der Waals surface area contributed by atoms with Crippen molar-refractivity contribution in [3.05, 3.63) is 35.9 Å². The van der Waals surface area contributed by atoms with E-state index in [1.807, 2.05) is 0 Å². The van der Waals surface area contributed by atoms with Crippen LogP contribution in [0.25, 0.3) is 0 Å². The highest BCUT2D eigenvalue weighted by Crippen LogP contribution is 2.22. The molecule has 0 N–H and O–H groups in total. The summed E-state index contributed by atoms with van der Waals surface area (Å²) >= 11 is 3.60. The second kappa shape index (κ2) is 7.96. The van der Waals surface area contributed by atoms with Crippen LogP contribution >= 0.6 is 15.9 Å². The Morgan fingerprint density at radius 1 is 1.00 bits per heavy atom. The van der Waals surface area contributed by atoms with Gasteiger partial charge in [-0.2, -0.15) is 0 Å². The molecule has 1 aromatic carbocycles. The number of alkyl halides is 1. The molecule has 0 radical (unpaired) electrons. The Kier molecular flexibility index (Phi) is 6.22. The van der Waals surface area contributed by atoms with E-state index in [1.54, 1.807) is 0 Å². The first-order valence-electron chi connectivity index (χ1n) is 7.24. The first-order chi connectivity index (χ1) is 8.90. The van der Waals surface area contributed by atoms with Crippen molar-refractivity contribution in [3.63, 3.8) is 0 Å². The predicted molar refractivity (Wildman–Crippen MR) is 82.4 cm³/mol. The molecule has 0 atom stereocenters. The molecule has 1 fully saturated rings. The summed E-state index contributed by atoms with van der Waals surface area (Å²) < 4.78 is 0. The number of benzene rings is 1. The Balaban J connectivity index is 1.85. The minimum Gasteiger partial charge on any atom is -0.299 e. The topological polar surface area (TPSA) is 3.24 Å². The quantitative estimate of drug-likeness (QED) is 0.710. The van der Waals surface area contributed by atoms with Gasteiger partial charge in [-0.25, -0.2) is 0 Å². The monoisotopic (exact) mass is 309 g/mol. The third-order valence-corrected chi connectivity index (χ3v) is 4.35. The van der Waals surface area contributed by atoms with Gasteiger partial charge in [-0.1, -0.05) is 65.5 Å². The van der Waals surface area contributed by atoms with E-state index in [0.717, 1.165) is 11.4 Å². The van der Waals surface area contributed by atoms with E-state index < -0.39 is 0 Å². The molecule has 1 saturated carbocycles. The Morgan fingerprint density at radius 3 is 2.39 bits per heavy atom. The predicted octanol–water partition coefficient (Wildman–Crippen LogP) is 4.26. The van der Waals surface area contributed by atoms with Gasteiger partial charge in [-0.15, -0.1) is 0 Å². The van der Waals surface area contributed by atoms with Crippen LogP contribution in [0.4, 0.5) is 0 Å². The standard InChI is InChI=1S/C16H24BrN/c17-12-14-18(16-9-5-2-6-10-16)13-11-15-7-3-1-4-8-15/h1,3-4,7-8,16H,2,5-6,9-14H2. The minimum absolute atomic E-state index is 0.833. The highest BCUT2D eigenvalue weighted by molar-refractivity contribution is 9.09. The van der Waals surface area contributed by atoms with E-state index in [-0.39, 0.29) is 0 Å². The highest BCUT2D eigenvalue weighted by Gasteiger charge is 2.20. The van der Waals surface area contributed by atoms with Crippen molar-refractivity contribution < 1.29 is 0 Å². The SMILES string of the molecule is BrCCN(CCc1ccccc1)C1CCCCC1. The summed E-state index contributed by atoms with van der Waals surface area (Å²) in [6, 6.07) is 11.7. The molecule has 1 aliphatic rings. The molecule has 100 valence electrons. The largest absolute Gasteiger partial charge is 0.299 e. The normalized spacial score (nSPS) is 17.2.